The Morgan fingerprint density at radius 1 is 1.39 bits per heavy atom. The average molecular weight is 330 g/mol. The molecule has 0 bridgehead atoms. The van der Waals surface area contributed by atoms with Gasteiger partial charge in [0.25, 0.3) is 5.91 Å². The van der Waals surface area contributed by atoms with Gasteiger partial charge in [-0.1, -0.05) is 36.4 Å². The Morgan fingerprint density at radius 2 is 2.22 bits per heavy atom. The largest absolute Gasteiger partial charge is 0.487 e. The van der Waals surface area contributed by atoms with Crippen LogP contribution in [0.2, 0.25) is 5.02 Å². The summed E-state index contributed by atoms with van der Waals surface area (Å²) in [6.45, 7) is 3.99. The van der Waals surface area contributed by atoms with Crippen molar-refractivity contribution >= 4 is 23.2 Å². The Labute approximate surface area is 139 Å². The molecular formula is C18H16ClNO3. The van der Waals surface area contributed by atoms with Crippen molar-refractivity contribution in [1.29, 1.82) is 0 Å². The maximum atomic E-state index is 12.4. The van der Waals surface area contributed by atoms with Crippen molar-refractivity contribution in [2.45, 2.75) is 12.5 Å². The van der Waals surface area contributed by atoms with Crippen LogP contribution in [0.1, 0.15) is 5.56 Å². The topological polar surface area (TPSA) is 47.6 Å². The number of hydrogen-bond donors (Lipinski definition) is 1. The quantitative estimate of drug-likeness (QED) is 0.848. The first-order valence-corrected chi connectivity index (χ1v) is 7.64. The zero-order chi connectivity index (χ0) is 16.2. The third-order valence-electron chi connectivity index (χ3n) is 3.49. The van der Waals surface area contributed by atoms with Crippen LogP contribution in [0.5, 0.6) is 11.5 Å². The number of anilines is 1. The molecule has 2 aromatic carbocycles. The lowest BCUT2D eigenvalue weighted by Crippen LogP contribution is -2.31. The van der Waals surface area contributed by atoms with E-state index in [1.807, 2.05) is 18.2 Å². The van der Waals surface area contributed by atoms with E-state index in [1.54, 1.807) is 30.3 Å². The molecule has 118 valence electrons. The highest BCUT2D eigenvalue weighted by Gasteiger charge is 2.29. The monoisotopic (exact) mass is 329 g/mol. The summed E-state index contributed by atoms with van der Waals surface area (Å²) in [5.41, 5.74) is 1.55. The van der Waals surface area contributed by atoms with E-state index in [-0.39, 0.29) is 5.91 Å². The second-order valence-electron chi connectivity index (χ2n) is 5.15. The Kier molecular flexibility index (Phi) is 4.53. The van der Waals surface area contributed by atoms with E-state index in [0.717, 1.165) is 5.56 Å². The van der Waals surface area contributed by atoms with E-state index < -0.39 is 6.10 Å². The van der Waals surface area contributed by atoms with Gasteiger partial charge in [-0.3, -0.25) is 4.79 Å². The number of para-hydroxylation sites is 2. The molecule has 1 atom stereocenters. The molecule has 0 unspecified atom stereocenters. The summed E-state index contributed by atoms with van der Waals surface area (Å²) in [6, 6.07) is 12.6. The molecule has 0 aromatic heterocycles. The van der Waals surface area contributed by atoms with Gasteiger partial charge in [0.15, 0.2) is 6.10 Å². The number of halogens is 1. The van der Waals surface area contributed by atoms with E-state index in [9.17, 15) is 4.79 Å². The van der Waals surface area contributed by atoms with Crippen LogP contribution >= 0.6 is 11.6 Å². The van der Waals surface area contributed by atoms with E-state index in [1.165, 1.54) is 0 Å². The maximum absolute atomic E-state index is 12.4. The summed E-state index contributed by atoms with van der Waals surface area (Å²) in [4.78, 5) is 12.4. The van der Waals surface area contributed by atoms with Gasteiger partial charge in [-0.15, -0.1) is 0 Å². The molecular weight excluding hydrogens is 314 g/mol. The second kappa shape index (κ2) is 6.75. The first-order valence-electron chi connectivity index (χ1n) is 7.26. The molecule has 1 aliphatic rings. The van der Waals surface area contributed by atoms with Gasteiger partial charge in [-0.2, -0.15) is 0 Å². The summed E-state index contributed by atoms with van der Waals surface area (Å²) < 4.78 is 11.2. The van der Waals surface area contributed by atoms with Gasteiger partial charge in [-0.25, -0.2) is 0 Å². The number of amides is 1. The van der Waals surface area contributed by atoms with Gasteiger partial charge in [0.05, 0.1) is 5.69 Å². The number of ether oxygens (including phenoxy) is 2. The van der Waals surface area contributed by atoms with Gasteiger partial charge in [0.2, 0.25) is 0 Å². The van der Waals surface area contributed by atoms with Gasteiger partial charge in [-0.05, 0) is 35.9 Å². The zero-order valence-corrected chi connectivity index (χ0v) is 13.2. The van der Waals surface area contributed by atoms with Crippen molar-refractivity contribution in [2.24, 2.45) is 0 Å². The molecule has 0 saturated carbocycles. The Bertz CT molecular complexity index is 745. The lowest BCUT2D eigenvalue weighted by molar-refractivity contribution is -0.122. The number of hydrogen-bond acceptors (Lipinski definition) is 3. The molecule has 23 heavy (non-hydrogen) atoms. The van der Waals surface area contributed by atoms with E-state index in [4.69, 9.17) is 21.1 Å². The zero-order valence-electron chi connectivity index (χ0n) is 12.4. The Hall–Kier alpha value is -2.46. The maximum Gasteiger partial charge on any atom is 0.265 e. The van der Waals surface area contributed by atoms with Crippen molar-refractivity contribution in [2.75, 3.05) is 11.9 Å². The van der Waals surface area contributed by atoms with Gasteiger partial charge in [0.1, 0.15) is 18.1 Å². The Balaban J connectivity index is 1.70. The minimum Gasteiger partial charge on any atom is -0.487 e. The van der Waals surface area contributed by atoms with Crippen molar-refractivity contribution in [3.05, 3.63) is 65.7 Å². The van der Waals surface area contributed by atoms with Crippen LogP contribution in [0.15, 0.2) is 55.1 Å². The normalized spacial score (nSPS) is 15.4. The number of carbonyl (C=O) groups is 1. The fourth-order valence-electron chi connectivity index (χ4n) is 2.42. The van der Waals surface area contributed by atoms with Crippen LogP contribution in [-0.2, 0) is 11.2 Å². The highest BCUT2D eigenvalue weighted by atomic mass is 35.5. The van der Waals surface area contributed by atoms with Crippen LogP contribution in [0, 0.1) is 0 Å². The molecule has 1 aliphatic heterocycles. The van der Waals surface area contributed by atoms with Crippen LogP contribution in [0.25, 0.3) is 0 Å². The van der Waals surface area contributed by atoms with E-state index in [2.05, 4.69) is 11.9 Å². The standard InChI is InChI=1S/C18H16ClNO3/c1-2-9-22-16-6-4-3-5-14(16)20-18(21)17-11-12-10-13(19)7-8-15(12)23-17/h2-8,10,17H,1,9,11H2,(H,20,21)/t17-/m1/s1. The van der Waals surface area contributed by atoms with Gasteiger partial charge < -0.3 is 14.8 Å². The minimum atomic E-state index is -0.573. The van der Waals surface area contributed by atoms with Crippen LogP contribution < -0.4 is 14.8 Å². The number of carbonyl (C=O) groups excluding carboxylic acids is 1. The van der Waals surface area contributed by atoms with Crippen LogP contribution in [-0.4, -0.2) is 18.6 Å². The molecule has 1 heterocycles. The first kappa shape index (κ1) is 15.4. The molecule has 5 heteroatoms. The van der Waals surface area contributed by atoms with E-state index in [0.29, 0.717) is 35.2 Å². The molecule has 0 fully saturated rings. The fourth-order valence-corrected chi connectivity index (χ4v) is 2.62. The predicted octanol–water partition coefficient (Wildman–Crippen LogP) is 3.85. The number of fused-ring (bicyclic) bond motifs is 1. The predicted molar refractivity (Wildman–Crippen MR) is 90.3 cm³/mol. The van der Waals surface area contributed by atoms with E-state index >= 15 is 0 Å². The molecule has 4 nitrogen and oxygen atoms in total. The Morgan fingerprint density at radius 3 is 3.04 bits per heavy atom. The lowest BCUT2D eigenvalue weighted by atomic mass is 10.1. The fraction of sp³-hybridized carbons (Fsp3) is 0.167. The SMILES string of the molecule is C=CCOc1ccccc1NC(=O)[C@H]1Cc2cc(Cl)ccc2O1. The summed E-state index contributed by atoms with van der Waals surface area (Å²) in [5.74, 6) is 1.08. The molecule has 0 spiro atoms. The molecule has 0 radical (unpaired) electrons. The van der Waals surface area contributed by atoms with Crippen LogP contribution in [0.4, 0.5) is 5.69 Å². The van der Waals surface area contributed by atoms with Crippen molar-refractivity contribution in [1.82, 2.24) is 0 Å². The molecule has 0 saturated heterocycles. The first-order chi connectivity index (χ1) is 11.2. The summed E-state index contributed by atoms with van der Waals surface area (Å²) >= 11 is 5.97. The second-order valence-corrected chi connectivity index (χ2v) is 5.58. The summed E-state index contributed by atoms with van der Waals surface area (Å²) in [6.07, 6.45) is 1.58. The molecule has 0 aliphatic carbocycles. The number of rotatable bonds is 5. The molecule has 1 amide bonds. The highest BCUT2D eigenvalue weighted by Crippen LogP contribution is 2.32. The summed E-state index contributed by atoms with van der Waals surface area (Å²) in [5, 5.41) is 3.49. The van der Waals surface area contributed by atoms with Crippen molar-refractivity contribution < 1.29 is 14.3 Å². The van der Waals surface area contributed by atoms with Gasteiger partial charge in [0, 0.05) is 11.4 Å². The molecule has 1 N–H and O–H groups in total. The molecule has 2 aromatic rings. The summed E-state index contributed by atoms with van der Waals surface area (Å²) in [7, 11) is 0. The average Bonchev–Trinajstić information content (AvgIpc) is 2.97. The van der Waals surface area contributed by atoms with Gasteiger partial charge >= 0.3 is 0 Å². The smallest absolute Gasteiger partial charge is 0.265 e. The number of benzene rings is 2. The minimum absolute atomic E-state index is 0.216. The third-order valence-corrected chi connectivity index (χ3v) is 3.73. The van der Waals surface area contributed by atoms with Crippen LogP contribution in [0.3, 0.4) is 0 Å². The number of nitrogens with one attached hydrogen (secondary N) is 1. The molecule has 3 rings (SSSR count). The highest BCUT2D eigenvalue weighted by molar-refractivity contribution is 6.30. The lowest BCUT2D eigenvalue weighted by Gasteiger charge is -2.14. The van der Waals surface area contributed by atoms with Crippen molar-refractivity contribution in [3.8, 4) is 11.5 Å². The van der Waals surface area contributed by atoms with Crippen molar-refractivity contribution in [3.63, 3.8) is 0 Å². The third kappa shape index (κ3) is 3.48.